The molecule has 1 aromatic heterocycles. The van der Waals surface area contributed by atoms with E-state index < -0.39 is 6.16 Å². The van der Waals surface area contributed by atoms with Gasteiger partial charge in [0.25, 0.3) is 0 Å². The lowest BCUT2D eigenvalue weighted by atomic mass is 10.1. The van der Waals surface area contributed by atoms with Gasteiger partial charge < -0.3 is 14.4 Å². The lowest BCUT2D eigenvalue weighted by Gasteiger charge is -2.08. The predicted molar refractivity (Wildman–Crippen MR) is 70.7 cm³/mol. The smallest absolute Gasteiger partial charge is 0.450 e. The summed E-state index contributed by atoms with van der Waals surface area (Å²) in [4.78, 5) is 13.5. The van der Waals surface area contributed by atoms with Gasteiger partial charge in [-0.05, 0) is 12.3 Å². The van der Waals surface area contributed by atoms with E-state index in [0.717, 1.165) is 20.1 Å². The van der Waals surface area contributed by atoms with Crippen LogP contribution in [-0.2, 0) is 17.7 Å². The molecular formula is C13H24N2O3. The molecule has 0 unspecified atom stereocenters. The molecule has 0 aliphatic heterocycles. The zero-order valence-electron chi connectivity index (χ0n) is 11.7. The molecule has 0 radical (unpaired) electrons. The van der Waals surface area contributed by atoms with Crippen LogP contribution in [0.3, 0.4) is 0 Å². The Kier molecular flexibility index (Phi) is 8.70. The molecule has 1 aromatic rings. The summed E-state index contributed by atoms with van der Waals surface area (Å²) in [5.74, 6) is 1.94. The Hall–Kier alpha value is -1.52. The standard InChI is InChI=1S/C11H20N2.C2H4O3/c1-4-5-7-13-8-6-12-11(13)9-10(2)3;1-5-2(3)4/h6,8,10H,4-5,7,9H2,1-3H3;1H3,(H,3,4). The van der Waals surface area contributed by atoms with Gasteiger partial charge in [-0.2, -0.15) is 0 Å². The Bertz CT molecular complexity index is 335. The second-order valence-electron chi connectivity index (χ2n) is 4.46. The fraction of sp³-hybridized carbons (Fsp3) is 0.692. The summed E-state index contributed by atoms with van der Waals surface area (Å²) >= 11 is 0. The second kappa shape index (κ2) is 9.50. The molecule has 0 aliphatic rings. The van der Waals surface area contributed by atoms with Crippen LogP contribution < -0.4 is 0 Å². The quantitative estimate of drug-likeness (QED) is 0.822. The van der Waals surface area contributed by atoms with Crippen LogP contribution in [0.5, 0.6) is 0 Å². The summed E-state index contributed by atoms with van der Waals surface area (Å²) < 4.78 is 5.95. The van der Waals surface area contributed by atoms with Crippen LogP contribution in [0.1, 0.15) is 39.4 Å². The molecule has 1 rings (SSSR count). The van der Waals surface area contributed by atoms with E-state index in [4.69, 9.17) is 9.90 Å². The van der Waals surface area contributed by atoms with E-state index in [-0.39, 0.29) is 0 Å². The van der Waals surface area contributed by atoms with Gasteiger partial charge >= 0.3 is 6.16 Å². The monoisotopic (exact) mass is 256 g/mol. The molecule has 0 aliphatic carbocycles. The largest absolute Gasteiger partial charge is 0.505 e. The van der Waals surface area contributed by atoms with Crippen molar-refractivity contribution < 1.29 is 14.6 Å². The van der Waals surface area contributed by atoms with E-state index in [1.807, 2.05) is 6.20 Å². The van der Waals surface area contributed by atoms with Crippen molar-refractivity contribution in [3.05, 3.63) is 18.2 Å². The van der Waals surface area contributed by atoms with Crippen LogP contribution in [0.15, 0.2) is 12.4 Å². The number of hydrogen-bond donors (Lipinski definition) is 1. The third kappa shape index (κ3) is 7.70. The molecule has 18 heavy (non-hydrogen) atoms. The molecule has 0 atom stereocenters. The summed E-state index contributed by atoms with van der Waals surface area (Å²) in [6.07, 6.45) is 6.35. The fourth-order valence-electron chi connectivity index (χ4n) is 1.43. The molecule has 0 spiro atoms. The molecule has 0 bridgehead atoms. The number of methoxy groups -OCH3 is 1. The zero-order chi connectivity index (χ0) is 14.0. The number of nitrogens with zero attached hydrogens (tertiary/aromatic N) is 2. The Morgan fingerprint density at radius 3 is 2.61 bits per heavy atom. The van der Waals surface area contributed by atoms with Crippen molar-refractivity contribution in [3.8, 4) is 0 Å². The topological polar surface area (TPSA) is 64.4 Å². The van der Waals surface area contributed by atoms with Gasteiger partial charge in [0.05, 0.1) is 7.11 Å². The summed E-state index contributed by atoms with van der Waals surface area (Å²) in [6, 6.07) is 0. The maximum atomic E-state index is 9.15. The maximum Gasteiger partial charge on any atom is 0.505 e. The molecule has 104 valence electrons. The third-order valence-corrected chi connectivity index (χ3v) is 2.32. The Morgan fingerprint density at radius 1 is 1.56 bits per heavy atom. The van der Waals surface area contributed by atoms with Crippen LogP contribution in [0.4, 0.5) is 4.79 Å². The minimum absolute atomic E-state index is 0.697. The highest BCUT2D eigenvalue weighted by Crippen LogP contribution is 2.07. The van der Waals surface area contributed by atoms with Crippen LogP contribution in [0, 0.1) is 5.92 Å². The molecule has 5 heteroatoms. The van der Waals surface area contributed by atoms with Crippen molar-refractivity contribution in [2.24, 2.45) is 5.92 Å². The fourth-order valence-corrected chi connectivity index (χ4v) is 1.43. The first-order chi connectivity index (χ1) is 8.51. The molecule has 0 aromatic carbocycles. The van der Waals surface area contributed by atoms with E-state index in [1.54, 1.807) is 0 Å². The molecule has 0 fully saturated rings. The van der Waals surface area contributed by atoms with Crippen molar-refractivity contribution in [2.75, 3.05) is 7.11 Å². The van der Waals surface area contributed by atoms with Gasteiger partial charge in [-0.1, -0.05) is 27.2 Å². The van der Waals surface area contributed by atoms with Gasteiger partial charge in [0, 0.05) is 25.4 Å². The summed E-state index contributed by atoms with van der Waals surface area (Å²) in [5.41, 5.74) is 0. The van der Waals surface area contributed by atoms with Crippen molar-refractivity contribution in [2.45, 2.75) is 46.6 Å². The minimum Gasteiger partial charge on any atom is -0.450 e. The van der Waals surface area contributed by atoms with Gasteiger partial charge in [-0.25, -0.2) is 9.78 Å². The number of aryl methyl sites for hydroxylation is 1. The number of carboxylic acid groups (broad SMARTS) is 1. The van der Waals surface area contributed by atoms with E-state index in [0.29, 0.717) is 5.92 Å². The minimum atomic E-state index is -1.25. The normalized spacial score (nSPS) is 9.83. The predicted octanol–water partition coefficient (Wildman–Crippen LogP) is 3.19. The van der Waals surface area contributed by atoms with Crippen molar-refractivity contribution >= 4 is 6.16 Å². The Labute approximate surface area is 109 Å². The number of unbranched alkanes of at least 4 members (excludes halogenated alkanes) is 1. The van der Waals surface area contributed by atoms with Gasteiger partial charge in [-0.15, -0.1) is 0 Å². The van der Waals surface area contributed by atoms with Gasteiger partial charge in [0.2, 0.25) is 0 Å². The maximum absolute atomic E-state index is 9.15. The van der Waals surface area contributed by atoms with Crippen LogP contribution in [0.25, 0.3) is 0 Å². The number of imidazole rings is 1. The first-order valence-corrected chi connectivity index (χ1v) is 6.28. The molecule has 5 nitrogen and oxygen atoms in total. The van der Waals surface area contributed by atoms with Gasteiger partial charge in [-0.3, -0.25) is 0 Å². The van der Waals surface area contributed by atoms with Gasteiger partial charge in [0.1, 0.15) is 5.82 Å². The van der Waals surface area contributed by atoms with E-state index in [2.05, 4.69) is 41.3 Å². The molecule has 0 saturated heterocycles. The van der Waals surface area contributed by atoms with E-state index >= 15 is 0 Å². The molecule has 1 N–H and O–H groups in total. The van der Waals surface area contributed by atoms with Crippen LogP contribution >= 0.6 is 0 Å². The molecular weight excluding hydrogens is 232 g/mol. The SMILES string of the molecule is CCCCn1ccnc1CC(C)C.COC(=O)O. The second-order valence-corrected chi connectivity index (χ2v) is 4.46. The van der Waals surface area contributed by atoms with E-state index in [9.17, 15) is 0 Å². The lowest BCUT2D eigenvalue weighted by Crippen LogP contribution is -2.06. The highest BCUT2D eigenvalue weighted by Gasteiger charge is 2.03. The number of ether oxygens (including phenoxy) is 1. The number of aromatic nitrogens is 2. The summed E-state index contributed by atoms with van der Waals surface area (Å²) in [5, 5.41) is 7.50. The van der Waals surface area contributed by atoms with Crippen molar-refractivity contribution in [1.29, 1.82) is 0 Å². The number of hydrogen-bond acceptors (Lipinski definition) is 3. The first-order valence-electron chi connectivity index (χ1n) is 6.28. The summed E-state index contributed by atoms with van der Waals surface area (Å²) in [6.45, 7) is 7.81. The third-order valence-electron chi connectivity index (χ3n) is 2.32. The zero-order valence-corrected chi connectivity index (χ0v) is 11.7. The average molecular weight is 256 g/mol. The van der Waals surface area contributed by atoms with E-state index in [1.165, 1.54) is 18.7 Å². The first kappa shape index (κ1) is 16.5. The highest BCUT2D eigenvalue weighted by molar-refractivity contribution is 5.56. The molecule has 0 amide bonds. The number of carbonyl (C=O) groups is 1. The van der Waals surface area contributed by atoms with Crippen LogP contribution in [-0.4, -0.2) is 27.9 Å². The lowest BCUT2D eigenvalue weighted by molar-refractivity contribution is 0.114. The average Bonchev–Trinajstić information content (AvgIpc) is 2.73. The molecule has 1 heterocycles. The highest BCUT2D eigenvalue weighted by atomic mass is 16.6. The van der Waals surface area contributed by atoms with Crippen molar-refractivity contribution in [3.63, 3.8) is 0 Å². The molecule has 0 saturated carbocycles. The Balaban J connectivity index is 0.000000494. The Morgan fingerprint density at radius 2 is 2.17 bits per heavy atom. The van der Waals surface area contributed by atoms with Crippen molar-refractivity contribution in [1.82, 2.24) is 9.55 Å². The summed E-state index contributed by atoms with van der Waals surface area (Å²) in [7, 11) is 1.10. The number of rotatable bonds is 5. The van der Waals surface area contributed by atoms with Gasteiger partial charge in [0.15, 0.2) is 0 Å². The van der Waals surface area contributed by atoms with Crippen LogP contribution in [0.2, 0.25) is 0 Å².